The smallest absolute Gasteiger partial charge is 0.272 e. The maximum absolute atomic E-state index is 14.7. The molecule has 34 heavy (non-hydrogen) atoms. The summed E-state index contributed by atoms with van der Waals surface area (Å²) in [5, 5.41) is 2.80. The van der Waals surface area contributed by atoms with Gasteiger partial charge in [-0.25, -0.2) is 18.2 Å². The topological polar surface area (TPSA) is 50.2 Å². The lowest BCUT2D eigenvalue weighted by Crippen LogP contribution is -2.45. The number of carbonyl (C=O) groups excluding carboxylic acids is 1. The monoisotopic (exact) mass is 490 g/mol. The van der Waals surface area contributed by atoms with Crippen molar-refractivity contribution in [2.45, 2.75) is 45.3 Å². The van der Waals surface area contributed by atoms with Crippen molar-refractivity contribution >= 4 is 17.5 Å². The Bertz CT molecular complexity index is 1220. The van der Waals surface area contributed by atoms with Crippen LogP contribution in [0, 0.1) is 17.5 Å². The number of nitrogens with zero attached hydrogens (tertiary/aromatic N) is 3. The Morgan fingerprint density at radius 2 is 1.82 bits per heavy atom. The van der Waals surface area contributed by atoms with Crippen molar-refractivity contribution in [1.29, 1.82) is 0 Å². The van der Waals surface area contributed by atoms with Crippen LogP contribution in [-0.4, -0.2) is 39.5 Å². The van der Waals surface area contributed by atoms with Crippen LogP contribution in [0.15, 0.2) is 36.4 Å². The summed E-state index contributed by atoms with van der Waals surface area (Å²) < 4.78 is 43.6. The summed E-state index contributed by atoms with van der Waals surface area (Å²) in [4.78, 5) is 20.0. The molecule has 1 N–H and O–H groups in total. The Morgan fingerprint density at radius 3 is 2.53 bits per heavy atom. The molecule has 9 heteroatoms. The Morgan fingerprint density at radius 1 is 1.12 bits per heavy atom. The molecule has 0 saturated carbocycles. The number of rotatable bonds is 5. The first-order valence-electron chi connectivity index (χ1n) is 11.0. The zero-order valence-corrected chi connectivity index (χ0v) is 20.0. The number of aromatic nitrogens is 2. The van der Waals surface area contributed by atoms with E-state index in [2.05, 4.69) is 15.2 Å². The second kappa shape index (κ2) is 9.43. The molecule has 5 nitrogen and oxygen atoms in total. The molecule has 180 valence electrons. The first-order valence-corrected chi connectivity index (χ1v) is 11.4. The fraction of sp³-hybridized carbons (Fsp3) is 0.360. The first kappa shape index (κ1) is 24.3. The summed E-state index contributed by atoms with van der Waals surface area (Å²) in [6.07, 6.45) is 1.25. The molecule has 2 heterocycles. The van der Waals surface area contributed by atoms with Crippen molar-refractivity contribution in [3.8, 4) is 11.4 Å². The minimum atomic E-state index is -0.856. The summed E-state index contributed by atoms with van der Waals surface area (Å²) in [7, 11) is 1.94. The Balaban J connectivity index is 1.70. The standard InChI is InChI=1S/C25H26ClF3N4O/c1-25(2,13-15-5-7-16(27)8-6-15)31-24(34)22-21-14-32(3)9-4-10-33(21)23(30-22)17-11-18(26)20(29)12-19(17)28/h5-8,11-12H,4,9-10,13-14H2,1-3H3,(H,31,34). The predicted molar refractivity (Wildman–Crippen MR) is 125 cm³/mol. The largest absolute Gasteiger partial charge is 0.345 e. The van der Waals surface area contributed by atoms with Crippen LogP contribution in [0.5, 0.6) is 0 Å². The second-order valence-electron chi connectivity index (χ2n) is 9.36. The molecule has 0 fully saturated rings. The average Bonchev–Trinajstić information content (AvgIpc) is 2.98. The average molecular weight is 491 g/mol. The molecule has 1 aliphatic rings. The first-order chi connectivity index (χ1) is 16.0. The molecule has 1 aliphatic heterocycles. The highest BCUT2D eigenvalue weighted by Gasteiger charge is 2.30. The Labute approximate surface area is 201 Å². The Kier molecular flexibility index (Phi) is 6.73. The molecule has 0 atom stereocenters. The van der Waals surface area contributed by atoms with Crippen LogP contribution in [0.25, 0.3) is 11.4 Å². The molecule has 1 amide bonds. The number of benzene rings is 2. The maximum atomic E-state index is 14.7. The van der Waals surface area contributed by atoms with Crippen LogP contribution in [-0.2, 0) is 19.5 Å². The zero-order valence-electron chi connectivity index (χ0n) is 19.3. The highest BCUT2D eigenvalue weighted by molar-refractivity contribution is 6.31. The van der Waals surface area contributed by atoms with E-state index in [9.17, 15) is 18.0 Å². The van der Waals surface area contributed by atoms with Crippen LogP contribution in [0.1, 0.15) is 42.0 Å². The van der Waals surface area contributed by atoms with Gasteiger partial charge in [0.05, 0.1) is 16.3 Å². The molecular formula is C25H26ClF3N4O. The normalized spacial score (nSPS) is 14.6. The SMILES string of the molecule is CN1CCCn2c(-c3cc(Cl)c(F)cc3F)nc(C(=O)NC(C)(C)Cc3ccc(F)cc3)c2C1. The predicted octanol–water partition coefficient (Wildman–Crippen LogP) is 5.21. The number of hydrogen-bond acceptors (Lipinski definition) is 3. The molecule has 1 aromatic heterocycles. The molecule has 0 unspecified atom stereocenters. The Hall–Kier alpha value is -2.84. The van der Waals surface area contributed by atoms with Crippen molar-refractivity contribution < 1.29 is 18.0 Å². The van der Waals surface area contributed by atoms with Gasteiger partial charge in [-0.3, -0.25) is 4.79 Å². The van der Waals surface area contributed by atoms with Gasteiger partial charge in [0.1, 0.15) is 23.3 Å². The minimum Gasteiger partial charge on any atom is -0.345 e. The number of imidazole rings is 1. The van der Waals surface area contributed by atoms with Gasteiger partial charge in [-0.05, 0) is 64.0 Å². The van der Waals surface area contributed by atoms with Gasteiger partial charge < -0.3 is 14.8 Å². The van der Waals surface area contributed by atoms with E-state index in [0.717, 1.165) is 24.6 Å². The lowest BCUT2D eigenvalue weighted by Gasteiger charge is -2.26. The number of nitrogens with one attached hydrogen (secondary N) is 1. The summed E-state index contributed by atoms with van der Waals surface area (Å²) >= 11 is 5.93. The highest BCUT2D eigenvalue weighted by atomic mass is 35.5. The third-order valence-corrected chi connectivity index (χ3v) is 6.18. The van der Waals surface area contributed by atoms with Crippen molar-refractivity contribution in [3.05, 3.63) is 75.8 Å². The lowest BCUT2D eigenvalue weighted by atomic mass is 9.94. The van der Waals surface area contributed by atoms with Crippen LogP contribution in [0.3, 0.4) is 0 Å². The minimum absolute atomic E-state index is 0.0434. The highest BCUT2D eigenvalue weighted by Crippen LogP contribution is 2.31. The van der Waals surface area contributed by atoms with Crippen LogP contribution < -0.4 is 5.32 Å². The molecule has 0 bridgehead atoms. The van der Waals surface area contributed by atoms with Gasteiger partial charge in [-0.1, -0.05) is 23.7 Å². The summed E-state index contributed by atoms with van der Waals surface area (Å²) in [5.74, 6) is -2.13. The summed E-state index contributed by atoms with van der Waals surface area (Å²) in [6.45, 7) is 5.52. The lowest BCUT2D eigenvalue weighted by molar-refractivity contribution is 0.0906. The number of hydrogen-bond donors (Lipinski definition) is 1. The molecule has 0 aliphatic carbocycles. The van der Waals surface area contributed by atoms with Gasteiger partial charge in [0.15, 0.2) is 5.69 Å². The molecule has 4 rings (SSSR count). The van der Waals surface area contributed by atoms with E-state index >= 15 is 0 Å². The van der Waals surface area contributed by atoms with Crippen molar-refractivity contribution in [3.63, 3.8) is 0 Å². The van der Waals surface area contributed by atoms with Crippen molar-refractivity contribution in [2.24, 2.45) is 0 Å². The molecule has 0 saturated heterocycles. The van der Waals surface area contributed by atoms with Crippen molar-refractivity contribution in [2.75, 3.05) is 13.6 Å². The number of amides is 1. The van der Waals surface area contributed by atoms with E-state index in [1.807, 2.05) is 25.5 Å². The number of halogens is 4. The molecule has 0 radical (unpaired) electrons. The van der Waals surface area contributed by atoms with Gasteiger partial charge in [0.25, 0.3) is 5.91 Å². The van der Waals surface area contributed by atoms with E-state index in [1.165, 1.54) is 18.2 Å². The van der Waals surface area contributed by atoms with Gasteiger partial charge in [0, 0.05) is 24.7 Å². The quantitative estimate of drug-likeness (QED) is 0.500. The summed E-state index contributed by atoms with van der Waals surface area (Å²) in [6, 6.07) is 8.06. The third kappa shape index (κ3) is 5.13. The van der Waals surface area contributed by atoms with E-state index < -0.39 is 23.1 Å². The van der Waals surface area contributed by atoms with Gasteiger partial charge in [0.2, 0.25) is 0 Å². The van der Waals surface area contributed by atoms with Crippen LogP contribution in [0.4, 0.5) is 13.2 Å². The van der Waals surface area contributed by atoms with Gasteiger partial charge >= 0.3 is 0 Å². The molecule has 0 spiro atoms. The maximum Gasteiger partial charge on any atom is 0.272 e. The zero-order chi connectivity index (χ0) is 24.6. The number of fused-ring (bicyclic) bond motifs is 1. The molecule has 2 aromatic carbocycles. The fourth-order valence-corrected chi connectivity index (χ4v) is 4.49. The molecule has 3 aromatic rings. The van der Waals surface area contributed by atoms with Crippen molar-refractivity contribution in [1.82, 2.24) is 19.8 Å². The van der Waals surface area contributed by atoms with Gasteiger partial charge in [-0.2, -0.15) is 0 Å². The van der Waals surface area contributed by atoms with Crippen LogP contribution >= 0.6 is 11.6 Å². The van der Waals surface area contributed by atoms with Gasteiger partial charge in [-0.15, -0.1) is 0 Å². The van der Waals surface area contributed by atoms with E-state index in [0.29, 0.717) is 25.2 Å². The molecular weight excluding hydrogens is 465 g/mol. The third-order valence-electron chi connectivity index (χ3n) is 5.89. The fourth-order valence-electron chi connectivity index (χ4n) is 4.33. The second-order valence-corrected chi connectivity index (χ2v) is 9.77. The number of carbonyl (C=O) groups is 1. The van der Waals surface area contributed by atoms with E-state index in [-0.39, 0.29) is 27.9 Å². The van der Waals surface area contributed by atoms with E-state index in [4.69, 9.17) is 11.6 Å². The van der Waals surface area contributed by atoms with E-state index in [1.54, 1.807) is 12.1 Å². The summed E-state index contributed by atoms with van der Waals surface area (Å²) in [5.41, 5.74) is 1.11. The van der Waals surface area contributed by atoms with Crippen LogP contribution in [0.2, 0.25) is 5.02 Å².